The second-order valence-electron chi connectivity index (χ2n) is 5.30. The van der Waals surface area contributed by atoms with Gasteiger partial charge in [-0.1, -0.05) is 0 Å². The zero-order valence-electron chi connectivity index (χ0n) is 12.9. The van der Waals surface area contributed by atoms with Gasteiger partial charge in [-0.05, 0) is 32.7 Å². The largest absolute Gasteiger partial charge is 0.350 e. The van der Waals surface area contributed by atoms with Crippen LogP contribution >= 0.6 is 0 Å². The monoisotopic (exact) mass is 322 g/mol. The van der Waals surface area contributed by atoms with Crippen LogP contribution in [0, 0.1) is 0 Å². The van der Waals surface area contributed by atoms with Gasteiger partial charge in [0.05, 0.1) is 6.10 Å². The maximum atomic E-state index is 11.3. The topological polar surface area (TPSA) is 133 Å². The number of hydrogen-bond donors (Lipinski definition) is 4. The number of hydrogen-bond acceptors (Lipinski definition) is 8. The summed E-state index contributed by atoms with van der Waals surface area (Å²) >= 11 is 0. The molecule has 5 atom stereocenters. The van der Waals surface area contributed by atoms with Crippen LogP contribution in [0.2, 0.25) is 0 Å². The lowest BCUT2D eigenvalue weighted by atomic mass is 9.97. The highest BCUT2D eigenvalue weighted by molar-refractivity contribution is 5.73. The Morgan fingerprint density at radius 1 is 1.23 bits per heavy atom. The van der Waals surface area contributed by atoms with E-state index in [-0.39, 0.29) is 5.91 Å². The lowest BCUT2D eigenvalue weighted by Gasteiger charge is -2.42. The summed E-state index contributed by atoms with van der Waals surface area (Å²) < 4.78 is 11.2. The first-order chi connectivity index (χ1) is 10.5. The van der Waals surface area contributed by atoms with Gasteiger partial charge < -0.3 is 20.5 Å². The van der Waals surface area contributed by atoms with E-state index in [1.807, 2.05) is 0 Å². The SMILES string of the molecule is CC(=O)NC1C(OO)C(OO)[C@H](C)O[C@H]1OCCCCCN. The van der Waals surface area contributed by atoms with Gasteiger partial charge >= 0.3 is 0 Å². The molecule has 9 heteroatoms. The summed E-state index contributed by atoms with van der Waals surface area (Å²) in [5.41, 5.74) is 5.42. The van der Waals surface area contributed by atoms with Crippen LogP contribution in [-0.4, -0.2) is 60.2 Å². The molecule has 0 aromatic heterocycles. The molecule has 1 heterocycles. The van der Waals surface area contributed by atoms with Gasteiger partial charge in [0.1, 0.15) is 18.2 Å². The van der Waals surface area contributed by atoms with Crippen molar-refractivity contribution in [1.82, 2.24) is 5.32 Å². The molecule has 0 radical (unpaired) electrons. The molecule has 0 aromatic carbocycles. The molecule has 1 aliphatic rings. The predicted molar refractivity (Wildman–Crippen MR) is 75.8 cm³/mol. The quantitative estimate of drug-likeness (QED) is 0.267. The summed E-state index contributed by atoms with van der Waals surface area (Å²) in [7, 11) is 0. The second-order valence-corrected chi connectivity index (χ2v) is 5.30. The summed E-state index contributed by atoms with van der Waals surface area (Å²) in [6.45, 7) is 4.00. The first-order valence-corrected chi connectivity index (χ1v) is 7.39. The van der Waals surface area contributed by atoms with E-state index in [1.165, 1.54) is 6.92 Å². The molecule has 3 unspecified atom stereocenters. The molecule has 22 heavy (non-hydrogen) atoms. The summed E-state index contributed by atoms with van der Waals surface area (Å²) in [6.07, 6.45) is -0.773. The van der Waals surface area contributed by atoms with Gasteiger partial charge in [-0.15, -0.1) is 0 Å². The Labute approximate surface area is 129 Å². The fourth-order valence-electron chi connectivity index (χ4n) is 2.42. The van der Waals surface area contributed by atoms with Crippen LogP contribution < -0.4 is 11.1 Å². The van der Waals surface area contributed by atoms with Crippen molar-refractivity contribution in [2.45, 2.75) is 63.8 Å². The predicted octanol–water partition coefficient (Wildman–Crippen LogP) is 0.0979. The first kappa shape index (κ1) is 19.2. The van der Waals surface area contributed by atoms with Crippen molar-refractivity contribution in [3.05, 3.63) is 0 Å². The van der Waals surface area contributed by atoms with Gasteiger partial charge in [-0.2, -0.15) is 0 Å². The van der Waals surface area contributed by atoms with Crippen molar-refractivity contribution in [3.8, 4) is 0 Å². The normalized spacial score (nSPS) is 32.0. The smallest absolute Gasteiger partial charge is 0.217 e. The Kier molecular flexibility index (Phi) is 8.79. The average molecular weight is 322 g/mol. The van der Waals surface area contributed by atoms with E-state index in [4.69, 9.17) is 25.7 Å². The highest BCUT2D eigenvalue weighted by Crippen LogP contribution is 2.26. The Hall–Kier alpha value is -0.810. The van der Waals surface area contributed by atoms with Crippen molar-refractivity contribution in [2.24, 2.45) is 5.73 Å². The van der Waals surface area contributed by atoms with Gasteiger partial charge in [0.25, 0.3) is 0 Å². The van der Waals surface area contributed by atoms with E-state index in [9.17, 15) is 4.79 Å². The molecule has 1 amide bonds. The second kappa shape index (κ2) is 10.1. The molecule has 1 rings (SSSR count). The molecule has 0 spiro atoms. The van der Waals surface area contributed by atoms with Gasteiger partial charge in [0, 0.05) is 13.5 Å². The van der Waals surface area contributed by atoms with Crippen molar-refractivity contribution < 1.29 is 34.6 Å². The van der Waals surface area contributed by atoms with E-state index in [1.54, 1.807) is 6.92 Å². The molecule has 0 aromatic rings. The lowest BCUT2D eigenvalue weighted by molar-refractivity contribution is -0.404. The molecule has 5 N–H and O–H groups in total. The van der Waals surface area contributed by atoms with Gasteiger partial charge in [0.15, 0.2) is 6.29 Å². The zero-order chi connectivity index (χ0) is 16.5. The van der Waals surface area contributed by atoms with Crippen molar-refractivity contribution in [3.63, 3.8) is 0 Å². The van der Waals surface area contributed by atoms with E-state index in [2.05, 4.69) is 15.1 Å². The van der Waals surface area contributed by atoms with Crippen LogP contribution in [0.4, 0.5) is 0 Å². The zero-order valence-corrected chi connectivity index (χ0v) is 12.9. The number of nitrogens with two attached hydrogens (primary N) is 1. The van der Waals surface area contributed by atoms with E-state index >= 15 is 0 Å². The highest BCUT2D eigenvalue weighted by atomic mass is 17.1. The summed E-state index contributed by atoms with van der Waals surface area (Å²) in [5, 5.41) is 20.6. The molecular formula is C13H26N2O7. The summed E-state index contributed by atoms with van der Waals surface area (Å²) in [5.74, 6) is -0.348. The third-order valence-corrected chi connectivity index (χ3v) is 3.53. The maximum Gasteiger partial charge on any atom is 0.217 e. The minimum Gasteiger partial charge on any atom is -0.350 e. The summed E-state index contributed by atoms with van der Waals surface area (Å²) in [4.78, 5) is 20.0. The number of amides is 1. The Morgan fingerprint density at radius 3 is 2.45 bits per heavy atom. The fraction of sp³-hybridized carbons (Fsp3) is 0.923. The van der Waals surface area contributed by atoms with E-state index in [0.29, 0.717) is 13.2 Å². The molecule has 130 valence electrons. The number of unbranched alkanes of at least 4 members (excludes halogenated alkanes) is 2. The minimum absolute atomic E-state index is 0.348. The van der Waals surface area contributed by atoms with Gasteiger partial charge in [0.2, 0.25) is 5.91 Å². The molecule has 1 aliphatic heterocycles. The number of ether oxygens (including phenoxy) is 2. The maximum absolute atomic E-state index is 11.3. The molecule has 0 bridgehead atoms. The Balaban J connectivity index is 2.67. The molecular weight excluding hydrogens is 296 g/mol. The molecule has 9 nitrogen and oxygen atoms in total. The molecule has 1 saturated heterocycles. The standard InChI is InChI=1S/C13H26N2O7/c1-8-11(21-17)12(22-18)10(15-9(2)16)13(20-8)19-7-5-3-4-6-14/h8,10-13,17-18H,3-7,14H2,1-2H3,(H,15,16)/t8-,10?,11?,12?,13+/m0/s1. The third kappa shape index (κ3) is 5.43. The number of rotatable bonds is 9. The van der Waals surface area contributed by atoms with Crippen molar-refractivity contribution in [1.29, 1.82) is 0 Å². The summed E-state index contributed by atoms with van der Waals surface area (Å²) in [6, 6.07) is -0.814. The number of nitrogens with one attached hydrogen (secondary N) is 1. The van der Waals surface area contributed by atoms with Crippen LogP contribution in [-0.2, 0) is 24.0 Å². The van der Waals surface area contributed by atoms with Crippen LogP contribution in [0.3, 0.4) is 0 Å². The van der Waals surface area contributed by atoms with Crippen molar-refractivity contribution in [2.75, 3.05) is 13.2 Å². The highest BCUT2D eigenvalue weighted by Gasteiger charge is 2.47. The van der Waals surface area contributed by atoms with Crippen LogP contribution in [0.5, 0.6) is 0 Å². The Bertz CT molecular complexity index is 332. The van der Waals surface area contributed by atoms with Gasteiger partial charge in [-0.3, -0.25) is 15.3 Å². The number of carbonyl (C=O) groups is 1. The average Bonchev–Trinajstić information content (AvgIpc) is 2.48. The molecule has 1 fully saturated rings. The van der Waals surface area contributed by atoms with E-state index in [0.717, 1.165) is 19.3 Å². The fourth-order valence-corrected chi connectivity index (χ4v) is 2.42. The first-order valence-electron chi connectivity index (χ1n) is 7.39. The molecule has 0 saturated carbocycles. The molecule has 0 aliphatic carbocycles. The van der Waals surface area contributed by atoms with Crippen molar-refractivity contribution >= 4 is 5.91 Å². The minimum atomic E-state index is -1.02. The number of carbonyl (C=O) groups excluding carboxylic acids is 1. The lowest BCUT2D eigenvalue weighted by Crippen LogP contribution is -2.64. The third-order valence-electron chi connectivity index (χ3n) is 3.53. The van der Waals surface area contributed by atoms with Crippen LogP contribution in [0.25, 0.3) is 0 Å². The Morgan fingerprint density at radius 2 is 1.91 bits per heavy atom. The van der Waals surface area contributed by atoms with Crippen LogP contribution in [0.15, 0.2) is 0 Å². The van der Waals surface area contributed by atoms with Gasteiger partial charge in [-0.25, -0.2) is 9.78 Å². The van der Waals surface area contributed by atoms with Crippen LogP contribution in [0.1, 0.15) is 33.1 Å². The van der Waals surface area contributed by atoms with E-state index < -0.39 is 30.6 Å².